The molecule has 0 spiro atoms. The summed E-state index contributed by atoms with van der Waals surface area (Å²) in [5, 5.41) is 9.28. The van der Waals surface area contributed by atoms with Gasteiger partial charge in [-0.3, -0.25) is 9.69 Å². The standard InChI is InChI=1S/C12H23NO2/c1-4-10(5-2)13-8-7-12(6-3,9-13)11(14)15/h10H,4-9H2,1-3H3,(H,14,15). The normalized spacial score (nSPS) is 27.5. The first-order valence-electron chi connectivity index (χ1n) is 6.07. The SMILES string of the molecule is CCC(CC)N1CCC(CC)(C(=O)O)C1. The van der Waals surface area contributed by atoms with E-state index in [4.69, 9.17) is 0 Å². The van der Waals surface area contributed by atoms with Crippen molar-refractivity contribution >= 4 is 5.97 Å². The Morgan fingerprint density at radius 1 is 1.40 bits per heavy atom. The van der Waals surface area contributed by atoms with Gasteiger partial charge in [-0.1, -0.05) is 20.8 Å². The van der Waals surface area contributed by atoms with Crippen molar-refractivity contribution in [2.45, 2.75) is 52.5 Å². The van der Waals surface area contributed by atoms with E-state index in [9.17, 15) is 9.90 Å². The predicted octanol–water partition coefficient (Wildman–Crippen LogP) is 2.36. The van der Waals surface area contributed by atoms with Crippen LogP contribution in [-0.2, 0) is 4.79 Å². The van der Waals surface area contributed by atoms with E-state index in [0.29, 0.717) is 6.04 Å². The summed E-state index contributed by atoms with van der Waals surface area (Å²) in [4.78, 5) is 13.6. The quantitative estimate of drug-likeness (QED) is 0.762. The molecule has 1 aliphatic heterocycles. The molecule has 0 aromatic heterocycles. The Bertz CT molecular complexity index is 226. The molecule has 3 heteroatoms. The lowest BCUT2D eigenvalue weighted by atomic mass is 9.84. The molecule has 1 N–H and O–H groups in total. The minimum absolute atomic E-state index is 0.470. The molecule has 0 bridgehead atoms. The summed E-state index contributed by atoms with van der Waals surface area (Å²) in [5.74, 6) is -0.613. The van der Waals surface area contributed by atoms with Gasteiger partial charge in [0.2, 0.25) is 0 Å². The molecule has 0 radical (unpaired) electrons. The van der Waals surface area contributed by atoms with Crippen LogP contribution in [0, 0.1) is 5.41 Å². The van der Waals surface area contributed by atoms with E-state index in [-0.39, 0.29) is 0 Å². The lowest BCUT2D eigenvalue weighted by Gasteiger charge is -2.28. The van der Waals surface area contributed by atoms with Gasteiger partial charge < -0.3 is 5.11 Å². The molecule has 1 atom stereocenters. The van der Waals surface area contributed by atoms with Gasteiger partial charge in [-0.25, -0.2) is 0 Å². The topological polar surface area (TPSA) is 40.5 Å². The summed E-state index contributed by atoms with van der Waals surface area (Å²) in [5.41, 5.74) is -0.470. The van der Waals surface area contributed by atoms with Gasteiger partial charge in [0.25, 0.3) is 0 Å². The molecule has 0 aromatic carbocycles. The molecule has 1 saturated heterocycles. The van der Waals surface area contributed by atoms with Crippen LogP contribution < -0.4 is 0 Å². The second-order valence-electron chi connectivity index (χ2n) is 4.63. The zero-order valence-corrected chi connectivity index (χ0v) is 10.1. The van der Waals surface area contributed by atoms with E-state index in [0.717, 1.165) is 38.8 Å². The number of aliphatic carboxylic acids is 1. The molecule has 88 valence electrons. The van der Waals surface area contributed by atoms with E-state index in [1.807, 2.05) is 6.92 Å². The maximum atomic E-state index is 11.3. The molecule has 3 nitrogen and oxygen atoms in total. The average Bonchev–Trinajstić information content (AvgIpc) is 2.65. The van der Waals surface area contributed by atoms with Crippen LogP contribution in [0.1, 0.15) is 46.5 Å². The Kier molecular flexibility index (Phi) is 4.14. The van der Waals surface area contributed by atoms with Crippen molar-refractivity contribution in [3.8, 4) is 0 Å². The zero-order valence-electron chi connectivity index (χ0n) is 10.1. The summed E-state index contributed by atoms with van der Waals surface area (Å²) in [6, 6.07) is 0.567. The molecule has 1 fully saturated rings. The molecule has 15 heavy (non-hydrogen) atoms. The Morgan fingerprint density at radius 2 is 2.00 bits per heavy atom. The number of hydrogen-bond donors (Lipinski definition) is 1. The largest absolute Gasteiger partial charge is 0.481 e. The lowest BCUT2D eigenvalue weighted by Crippen LogP contribution is -2.38. The van der Waals surface area contributed by atoms with Crippen molar-refractivity contribution in [1.82, 2.24) is 4.90 Å². The molecular weight excluding hydrogens is 190 g/mol. The van der Waals surface area contributed by atoms with Crippen molar-refractivity contribution in [2.75, 3.05) is 13.1 Å². The molecular formula is C12H23NO2. The smallest absolute Gasteiger partial charge is 0.310 e. The number of carboxylic acid groups (broad SMARTS) is 1. The monoisotopic (exact) mass is 213 g/mol. The second kappa shape index (κ2) is 4.97. The van der Waals surface area contributed by atoms with Gasteiger partial charge in [0.05, 0.1) is 5.41 Å². The van der Waals surface area contributed by atoms with E-state index >= 15 is 0 Å². The highest BCUT2D eigenvalue weighted by Gasteiger charge is 2.44. The minimum Gasteiger partial charge on any atom is -0.481 e. The zero-order chi connectivity index (χ0) is 11.5. The minimum atomic E-state index is -0.613. The van der Waals surface area contributed by atoms with Crippen LogP contribution in [0.2, 0.25) is 0 Å². The fourth-order valence-corrected chi connectivity index (χ4v) is 2.64. The number of hydrogen-bond acceptors (Lipinski definition) is 2. The molecule has 1 rings (SSSR count). The van der Waals surface area contributed by atoms with Crippen LogP contribution in [0.4, 0.5) is 0 Å². The fourth-order valence-electron chi connectivity index (χ4n) is 2.64. The van der Waals surface area contributed by atoms with E-state index in [1.54, 1.807) is 0 Å². The van der Waals surface area contributed by atoms with Crippen molar-refractivity contribution in [1.29, 1.82) is 0 Å². The van der Waals surface area contributed by atoms with Crippen LogP contribution in [0.5, 0.6) is 0 Å². The third kappa shape index (κ3) is 2.33. The number of likely N-dealkylation sites (tertiary alicyclic amines) is 1. The van der Waals surface area contributed by atoms with Gasteiger partial charge >= 0.3 is 5.97 Å². The van der Waals surface area contributed by atoms with Gasteiger partial charge in [0.15, 0.2) is 0 Å². The molecule has 0 saturated carbocycles. The summed E-state index contributed by atoms with van der Waals surface area (Å²) >= 11 is 0. The Hall–Kier alpha value is -0.570. The fraction of sp³-hybridized carbons (Fsp3) is 0.917. The van der Waals surface area contributed by atoms with Crippen LogP contribution in [0.25, 0.3) is 0 Å². The highest BCUT2D eigenvalue weighted by Crippen LogP contribution is 2.35. The lowest BCUT2D eigenvalue weighted by molar-refractivity contribution is -0.148. The maximum absolute atomic E-state index is 11.3. The first kappa shape index (κ1) is 12.5. The third-order valence-corrected chi connectivity index (χ3v) is 3.97. The van der Waals surface area contributed by atoms with Gasteiger partial charge in [-0.2, -0.15) is 0 Å². The van der Waals surface area contributed by atoms with Gasteiger partial charge in [0.1, 0.15) is 0 Å². The van der Waals surface area contributed by atoms with E-state index < -0.39 is 11.4 Å². The highest BCUT2D eigenvalue weighted by molar-refractivity contribution is 5.75. The van der Waals surface area contributed by atoms with Crippen molar-refractivity contribution < 1.29 is 9.90 Å². The molecule has 1 aliphatic rings. The molecule has 0 aromatic rings. The number of rotatable bonds is 5. The Balaban J connectivity index is 2.68. The number of nitrogens with zero attached hydrogens (tertiary/aromatic N) is 1. The third-order valence-electron chi connectivity index (χ3n) is 3.97. The summed E-state index contributed by atoms with van der Waals surface area (Å²) in [6.45, 7) is 8.05. The van der Waals surface area contributed by atoms with Crippen LogP contribution in [0.3, 0.4) is 0 Å². The Labute approximate surface area is 92.5 Å². The number of carboxylic acids is 1. The predicted molar refractivity (Wildman–Crippen MR) is 60.9 cm³/mol. The summed E-state index contributed by atoms with van der Waals surface area (Å²) < 4.78 is 0. The number of carbonyl (C=O) groups is 1. The maximum Gasteiger partial charge on any atom is 0.310 e. The van der Waals surface area contributed by atoms with Gasteiger partial charge in [-0.05, 0) is 32.2 Å². The van der Waals surface area contributed by atoms with E-state index in [2.05, 4.69) is 18.7 Å². The highest BCUT2D eigenvalue weighted by atomic mass is 16.4. The molecule has 0 amide bonds. The molecule has 0 aliphatic carbocycles. The van der Waals surface area contributed by atoms with Crippen molar-refractivity contribution in [3.63, 3.8) is 0 Å². The van der Waals surface area contributed by atoms with Gasteiger partial charge in [-0.15, -0.1) is 0 Å². The van der Waals surface area contributed by atoms with Crippen molar-refractivity contribution in [2.24, 2.45) is 5.41 Å². The van der Waals surface area contributed by atoms with Crippen LogP contribution in [0.15, 0.2) is 0 Å². The second-order valence-corrected chi connectivity index (χ2v) is 4.63. The van der Waals surface area contributed by atoms with E-state index in [1.165, 1.54) is 0 Å². The first-order chi connectivity index (χ1) is 7.09. The average molecular weight is 213 g/mol. The van der Waals surface area contributed by atoms with Gasteiger partial charge in [0, 0.05) is 12.6 Å². The van der Waals surface area contributed by atoms with Crippen LogP contribution in [-0.4, -0.2) is 35.1 Å². The Morgan fingerprint density at radius 3 is 2.33 bits per heavy atom. The molecule has 1 heterocycles. The van der Waals surface area contributed by atoms with Crippen LogP contribution >= 0.6 is 0 Å². The molecule has 1 unspecified atom stereocenters. The van der Waals surface area contributed by atoms with Crippen molar-refractivity contribution in [3.05, 3.63) is 0 Å². The first-order valence-corrected chi connectivity index (χ1v) is 6.07. The summed E-state index contributed by atoms with van der Waals surface area (Å²) in [7, 11) is 0. The summed E-state index contributed by atoms with van der Waals surface area (Å²) in [6.07, 6.45) is 3.81.